The Morgan fingerprint density at radius 2 is 2.00 bits per heavy atom. The molecule has 2 atom stereocenters. The Balaban J connectivity index is 1.43. The van der Waals surface area contributed by atoms with Crippen molar-refractivity contribution in [2.45, 2.75) is 56.6 Å². The molecule has 2 fully saturated rings. The van der Waals surface area contributed by atoms with Crippen molar-refractivity contribution in [2.24, 2.45) is 0 Å². The number of hydrogen-bond donors (Lipinski definition) is 1. The van der Waals surface area contributed by atoms with Gasteiger partial charge in [-0.05, 0) is 30.9 Å². The van der Waals surface area contributed by atoms with Crippen LogP contribution in [0.5, 0.6) is 5.75 Å². The molecule has 2 unspecified atom stereocenters. The molecule has 0 radical (unpaired) electrons. The lowest BCUT2D eigenvalue weighted by Crippen LogP contribution is -2.32. The number of methoxy groups -OCH3 is 1. The first-order valence-corrected chi connectivity index (χ1v) is 8.32. The highest BCUT2D eigenvalue weighted by molar-refractivity contribution is 5.78. The summed E-state index contributed by atoms with van der Waals surface area (Å²) in [4.78, 5) is 12.0. The zero-order valence-electron chi connectivity index (χ0n) is 13.2. The average Bonchev–Trinajstić information content (AvgIpc) is 3.32. The molecule has 4 nitrogen and oxygen atoms in total. The summed E-state index contributed by atoms with van der Waals surface area (Å²) in [6.45, 7) is 0.194. The number of benzene rings is 1. The molecule has 1 aromatic rings. The van der Waals surface area contributed by atoms with Crippen LogP contribution in [0.4, 0.5) is 0 Å². The molecule has 1 aromatic carbocycles. The second kappa shape index (κ2) is 7.14. The van der Waals surface area contributed by atoms with Gasteiger partial charge in [-0.3, -0.25) is 4.79 Å². The van der Waals surface area contributed by atoms with Crippen molar-refractivity contribution >= 4 is 5.91 Å². The van der Waals surface area contributed by atoms with Gasteiger partial charge in [0.15, 0.2) is 0 Å². The molecule has 0 aliphatic heterocycles. The number of amides is 1. The molecule has 0 heterocycles. The van der Waals surface area contributed by atoms with E-state index in [1.54, 1.807) is 7.11 Å². The number of rotatable bonds is 6. The Bertz CT molecular complexity index is 511. The molecule has 4 heteroatoms. The maximum absolute atomic E-state index is 12.0. The molecule has 1 amide bonds. The highest BCUT2D eigenvalue weighted by Crippen LogP contribution is 2.44. The van der Waals surface area contributed by atoms with Gasteiger partial charge >= 0.3 is 0 Å². The van der Waals surface area contributed by atoms with E-state index in [-0.39, 0.29) is 24.7 Å². The van der Waals surface area contributed by atoms with E-state index in [4.69, 9.17) is 9.47 Å². The minimum absolute atomic E-state index is 0.00738. The average molecular weight is 303 g/mol. The van der Waals surface area contributed by atoms with Crippen LogP contribution in [0.1, 0.15) is 50.0 Å². The molecule has 1 N–H and O–H groups in total. The lowest BCUT2D eigenvalue weighted by molar-refractivity contribution is -0.128. The lowest BCUT2D eigenvalue weighted by Gasteiger charge is -2.21. The van der Waals surface area contributed by atoms with E-state index in [2.05, 4.69) is 11.4 Å². The fourth-order valence-electron chi connectivity index (χ4n) is 3.34. The molecule has 22 heavy (non-hydrogen) atoms. The zero-order chi connectivity index (χ0) is 15.4. The van der Waals surface area contributed by atoms with E-state index in [9.17, 15) is 4.79 Å². The highest BCUT2D eigenvalue weighted by Gasteiger charge is 2.41. The van der Waals surface area contributed by atoms with Crippen molar-refractivity contribution < 1.29 is 14.3 Å². The second-order valence-electron chi connectivity index (χ2n) is 6.33. The summed E-state index contributed by atoms with van der Waals surface area (Å²) < 4.78 is 11.1. The van der Waals surface area contributed by atoms with Crippen molar-refractivity contribution in [3.63, 3.8) is 0 Å². The third kappa shape index (κ3) is 3.80. The summed E-state index contributed by atoms with van der Waals surface area (Å²) in [6, 6.07) is 8.25. The summed E-state index contributed by atoms with van der Waals surface area (Å²) in [5.74, 6) is 1.28. The highest BCUT2D eigenvalue weighted by atomic mass is 16.5. The Hall–Kier alpha value is -1.55. The van der Waals surface area contributed by atoms with Gasteiger partial charge in [0, 0.05) is 12.0 Å². The van der Waals surface area contributed by atoms with Gasteiger partial charge in [0.2, 0.25) is 5.91 Å². The molecule has 3 rings (SSSR count). The van der Waals surface area contributed by atoms with Crippen LogP contribution < -0.4 is 10.1 Å². The summed E-state index contributed by atoms with van der Waals surface area (Å²) in [5.41, 5.74) is 1.18. The largest absolute Gasteiger partial charge is 0.496 e. The van der Waals surface area contributed by atoms with Crippen LogP contribution in [-0.4, -0.2) is 31.8 Å². The quantitative estimate of drug-likeness (QED) is 0.879. The van der Waals surface area contributed by atoms with E-state index in [1.807, 2.05) is 18.2 Å². The number of ether oxygens (including phenoxy) is 2. The molecule has 2 aliphatic rings. The number of carbonyl (C=O) groups is 1. The first-order chi connectivity index (χ1) is 10.8. The van der Waals surface area contributed by atoms with E-state index in [0.717, 1.165) is 25.0 Å². The van der Waals surface area contributed by atoms with Crippen molar-refractivity contribution in [1.82, 2.24) is 5.32 Å². The maximum atomic E-state index is 12.0. The third-order valence-electron chi connectivity index (χ3n) is 4.68. The molecule has 0 bridgehead atoms. The van der Waals surface area contributed by atoms with Crippen LogP contribution >= 0.6 is 0 Å². The van der Waals surface area contributed by atoms with Crippen molar-refractivity contribution in [1.29, 1.82) is 0 Å². The lowest BCUT2D eigenvalue weighted by atomic mass is 9.98. The van der Waals surface area contributed by atoms with E-state index >= 15 is 0 Å². The first-order valence-electron chi connectivity index (χ1n) is 8.32. The number of hydrogen-bond acceptors (Lipinski definition) is 3. The van der Waals surface area contributed by atoms with Gasteiger partial charge in [-0.25, -0.2) is 0 Å². The molecular formula is C18H25NO3. The molecule has 0 saturated heterocycles. The van der Waals surface area contributed by atoms with E-state index in [0.29, 0.717) is 5.92 Å². The number of carbonyl (C=O) groups excluding carboxylic acids is 1. The fraction of sp³-hybridized carbons (Fsp3) is 0.611. The predicted octanol–water partition coefficient (Wildman–Crippen LogP) is 3.02. The van der Waals surface area contributed by atoms with Gasteiger partial charge in [-0.1, -0.05) is 37.5 Å². The van der Waals surface area contributed by atoms with E-state index < -0.39 is 0 Å². The van der Waals surface area contributed by atoms with Gasteiger partial charge in [0.1, 0.15) is 12.4 Å². The summed E-state index contributed by atoms with van der Waals surface area (Å²) in [6.07, 6.45) is 7.21. The van der Waals surface area contributed by atoms with Gasteiger partial charge in [-0.15, -0.1) is 0 Å². The fourth-order valence-corrected chi connectivity index (χ4v) is 3.34. The number of para-hydroxylation sites is 1. The van der Waals surface area contributed by atoms with Crippen LogP contribution in [0.3, 0.4) is 0 Å². The first kappa shape index (κ1) is 15.3. The smallest absolute Gasteiger partial charge is 0.246 e. The molecule has 0 spiro atoms. The SMILES string of the molecule is COc1ccccc1C1CC1NC(=O)COC1CCCCC1. The summed E-state index contributed by atoms with van der Waals surface area (Å²) in [7, 11) is 1.69. The van der Waals surface area contributed by atoms with Gasteiger partial charge in [-0.2, -0.15) is 0 Å². The molecule has 120 valence electrons. The Morgan fingerprint density at radius 1 is 1.23 bits per heavy atom. The van der Waals surface area contributed by atoms with Gasteiger partial charge in [0.05, 0.1) is 13.2 Å². The normalized spacial score (nSPS) is 24.8. The summed E-state index contributed by atoms with van der Waals surface area (Å²) in [5, 5.41) is 3.07. The van der Waals surface area contributed by atoms with Crippen LogP contribution in [-0.2, 0) is 9.53 Å². The van der Waals surface area contributed by atoms with Crippen LogP contribution in [0.2, 0.25) is 0 Å². The maximum Gasteiger partial charge on any atom is 0.246 e. The van der Waals surface area contributed by atoms with Crippen molar-refractivity contribution in [3.8, 4) is 5.75 Å². The summed E-state index contributed by atoms with van der Waals surface area (Å²) >= 11 is 0. The third-order valence-corrected chi connectivity index (χ3v) is 4.68. The van der Waals surface area contributed by atoms with Crippen LogP contribution in [0.25, 0.3) is 0 Å². The van der Waals surface area contributed by atoms with Gasteiger partial charge < -0.3 is 14.8 Å². The van der Waals surface area contributed by atoms with Gasteiger partial charge in [0.25, 0.3) is 0 Å². The predicted molar refractivity (Wildman–Crippen MR) is 85.1 cm³/mol. The minimum atomic E-state index is 0.00738. The Labute approximate surface area is 132 Å². The number of nitrogens with one attached hydrogen (secondary N) is 1. The van der Waals surface area contributed by atoms with E-state index in [1.165, 1.54) is 24.8 Å². The standard InChI is InChI=1S/C18H25NO3/c1-21-17-10-6-5-9-14(17)15-11-16(15)19-18(20)12-22-13-7-3-2-4-8-13/h5-6,9-10,13,15-16H,2-4,7-8,11-12H2,1H3,(H,19,20). The minimum Gasteiger partial charge on any atom is -0.496 e. The Kier molecular flexibility index (Phi) is 4.98. The topological polar surface area (TPSA) is 47.6 Å². The molecule has 0 aromatic heterocycles. The monoisotopic (exact) mass is 303 g/mol. The molecular weight excluding hydrogens is 278 g/mol. The van der Waals surface area contributed by atoms with Crippen LogP contribution in [0.15, 0.2) is 24.3 Å². The van der Waals surface area contributed by atoms with Crippen molar-refractivity contribution in [2.75, 3.05) is 13.7 Å². The van der Waals surface area contributed by atoms with Crippen LogP contribution in [0, 0.1) is 0 Å². The molecule has 2 aliphatic carbocycles. The van der Waals surface area contributed by atoms with Crippen molar-refractivity contribution in [3.05, 3.63) is 29.8 Å². The second-order valence-corrected chi connectivity index (χ2v) is 6.33. The zero-order valence-corrected chi connectivity index (χ0v) is 13.2. The molecule has 2 saturated carbocycles. The Morgan fingerprint density at radius 3 is 2.77 bits per heavy atom.